The van der Waals surface area contributed by atoms with Crippen LogP contribution in [0.2, 0.25) is 0 Å². The second-order valence-electron chi connectivity index (χ2n) is 8.64. The van der Waals surface area contributed by atoms with Crippen LogP contribution in [0, 0.1) is 11.3 Å². The summed E-state index contributed by atoms with van der Waals surface area (Å²) in [6, 6.07) is 0. The number of rotatable bonds is 2. The van der Waals surface area contributed by atoms with Crippen LogP contribution in [0.3, 0.4) is 0 Å². The molecule has 4 aliphatic rings. The standard InChI is InChI=1S/C18H26N4O3S/c1-26(24,25)22-8-3-14-15(20-12-19-14)18(22)6-9-21(10-7-18)16(23)13-11-17(13)4-2-5-17/h12-13H,2-11H2,1H3,(H,19,20). The predicted octanol–water partition coefficient (Wildman–Crippen LogP) is 1.24. The van der Waals surface area contributed by atoms with Crippen molar-refractivity contribution in [2.75, 3.05) is 25.9 Å². The fraction of sp³-hybridized carbons (Fsp3) is 0.778. The maximum Gasteiger partial charge on any atom is 0.226 e. The molecule has 0 aromatic carbocycles. The zero-order chi connectivity index (χ0) is 18.2. The summed E-state index contributed by atoms with van der Waals surface area (Å²) in [4.78, 5) is 22.5. The lowest BCUT2D eigenvalue weighted by atomic mass is 9.78. The topological polar surface area (TPSA) is 86.4 Å². The fourth-order valence-electron chi connectivity index (χ4n) is 5.63. The van der Waals surface area contributed by atoms with Gasteiger partial charge in [0.2, 0.25) is 15.9 Å². The first-order chi connectivity index (χ1) is 12.4. The Balaban J connectivity index is 1.39. The molecule has 0 bridgehead atoms. The quantitative estimate of drug-likeness (QED) is 0.839. The number of H-pyrrole nitrogens is 1. The Bertz CT molecular complexity index is 850. The molecule has 2 aliphatic heterocycles. The molecule has 0 radical (unpaired) electrons. The van der Waals surface area contributed by atoms with Gasteiger partial charge in [-0.25, -0.2) is 13.4 Å². The van der Waals surface area contributed by atoms with Gasteiger partial charge in [-0.15, -0.1) is 0 Å². The minimum atomic E-state index is -3.33. The zero-order valence-corrected chi connectivity index (χ0v) is 16.0. The third-order valence-corrected chi connectivity index (χ3v) is 8.67. The molecule has 1 N–H and O–H groups in total. The number of aromatic amines is 1. The van der Waals surface area contributed by atoms with Gasteiger partial charge >= 0.3 is 0 Å². The largest absolute Gasteiger partial charge is 0.348 e. The van der Waals surface area contributed by atoms with E-state index in [0.717, 1.165) is 17.8 Å². The Morgan fingerprint density at radius 2 is 1.96 bits per heavy atom. The maximum atomic E-state index is 12.9. The summed E-state index contributed by atoms with van der Waals surface area (Å²) in [7, 11) is -3.33. The first-order valence-corrected chi connectivity index (χ1v) is 11.5. The van der Waals surface area contributed by atoms with Gasteiger partial charge in [-0.1, -0.05) is 6.42 Å². The van der Waals surface area contributed by atoms with Gasteiger partial charge in [-0.05, 0) is 37.5 Å². The molecule has 7 nitrogen and oxygen atoms in total. The molecule has 3 fully saturated rings. The fourth-order valence-corrected chi connectivity index (χ4v) is 6.95. The molecule has 3 heterocycles. The third kappa shape index (κ3) is 2.24. The van der Waals surface area contributed by atoms with Crippen molar-refractivity contribution in [3.05, 3.63) is 17.7 Å². The number of carbonyl (C=O) groups excluding carboxylic acids is 1. The number of nitrogens with zero attached hydrogens (tertiary/aromatic N) is 3. The molecule has 142 valence electrons. The number of aromatic nitrogens is 2. The number of imidazole rings is 1. The van der Waals surface area contributed by atoms with Gasteiger partial charge in [0.15, 0.2) is 0 Å². The Morgan fingerprint density at radius 1 is 1.23 bits per heavy atom. The van der Waals surface area contributed by atoms with Crippen LogP contribution in [0.1, 0.15) is 49.9 Å². The molecule has 26 heavy (non-hydrogen) atoms. The highest BCUT2D eigenvalue weighted by Gasteiger charge is 2.62. The second kappa shape index (κ2) is 5.32. The lowest BCUT2D eigenvalue weighted by Gasteiger charge is -2.49. The Labute approximate surface area is 154 Å². The molecule has 1 aromatic rings. The summed E-state index contributed by atoms with van der Waals surface area (Å²) in [6.45, 7) is 1.71. The Kier molecular flexibility index (Phi) is 3.42. The number of amides is 1. The molecule has 1 atom stereocenters. The maximum absolute atomic E-state index is 12.9. The number of sulfonamides is 1. The Hall–Kier alpha value is -1.41. The summed E-state index contributed by atoms with van der Waals surface area (Å²) in [5.74, 6) is 0.520. The van der Waals surface area contributed by atoms with Gasteiger partial charge in [-0.2, -0.15) is 4.31 Å². The van der Waals surface area contributed by atoms with Gasteiger partial charge in [0.25, 0.3) is 0 Å². The third-order valence-electron chi connectivity index (χ3n) is 7.34. The highest BCUT2D eigenvalue weighted by molar-refractivity contribution is 7.88. The van der Waals surface area contributed by atoms with Crippen molar-refractivity contribution in [1.82, 2.24) is 19.2 Å². The lowest BCUT2D eigenvalue weighted by Crippen LogP contribution is -2.58. The molecule has 8 heteroatoms. The Morgan fingerprint density at radius 3 is 2.54 bits per heavy atom. The van der Waals surface area contributed by atoms with E-state index in [9.17, 15) is 13.2 Å². The molecule has 1 aromatic heterocycles. The first kappa shape index (κ1) is 16.7. The number of carbonyl (C=O) groups is 1. The molecule has 2 spiro atoms. The smallest absolute Gasteiger partial charge is 0.226 e. The number of fused-ring (bicyclic) bond motifs is 2. The van der Waals surface area contributed by atoms with Crippen LogP contribution >= 0.6 is 0 Å². The molecule has 2 aliphatic carbocycles. The average Bonchev–Trinajstić information content (AvgIpc) is 3.16. The number of nitrogens with one attached hydrogen (secondary N) is 1. The van der Waals surface area contributed by atoms with E-state index < -0.39 is 15.6 Å². The molecule has 1 amide bonds. The van der Waals surface area contributed by atoms with Crippen LogP contribution in [0.25, 0.3) is 0 Å². The van der Waals surface area contributed by atoms with Crippen molar-refractivity contribution in [3.63, 3.8) is 0 Å². The zero-order valence-electron chi connectivity index (χ0n) is 15.2. The molecule has 1 saturated heterocycles. The molecule has 1 unspecified atom stereocenters. The van der Waals surface area contributed by atoms with Gasteiger partial charge in [0.1, 0.15) is 0 Å². The van der Waals surface area contributed by atoms with Crippen LogP contribution in [-0.2, 0) is 26.8 Å². The van der Waals surface area contributed by atoms with E-state index in [4.69, 9.17) is 0 Å². The average molecular weight is 378 g/mol. The van der Waals surface area contributed by atoms with Crippen LogP contribution in [0.4, 0.5) is 0 Å². The number of piperidine rings is 1. The minimum Gasteiger partial charge on any atom is -0.348 e. The SMILES string of the molecule is CS(=O)(=O)N1CCc2[nH]cnc2C12CCN(C(=O)C1CC13CCC3)CC2. The van der Waals surface area contributed by atoms with Crippen molar-refractivity contribution in [3.8, 4) is 0 Å². The molecule has 2 saturated carbocycles. The number of likely N-dealkylation sites (tertiary alicyclic amines) is 1. The van der Waals surface area contributed by atoms with Crippen LogP contribution in [-0.4, -0.2) is 59.4 Å². The van der Waals surface area contributed by atoms with E-state index in [1.54, 1.807) is 10.6 Å². The van der Waals surface area contributed by atoms with Gasteiger partial charge in [0.05, 0.1) is 23.8 Å². The van der Waals surface area contributed by atoms with Crippen molar-refractivity contribution in [2.45, 2.75) is 50.5 Å². The molecular formula is C18H26N4O3S. The summed E-state index contributed by atoms with van der Waals surface area (Å²) in [5, 5.41) is 0. The lowest BCUT2D eigenvalue weighted by molar-refractivity contribution is -0.136. The minimum absolute atomic E-state index is 0.226. The van der Waals surface area contributed by atoms with Gasteiger partial charge in [0, 0.05) is 37.7 Å². The van der Waals surface area contributed by atoms with Crippen molar-refractivity contribution in [1.29, 1.82) is 0 Å². The van der Waals surface area contributed by atoms with Crippen LogP contribution in [0.5, 0.6) is 0 Å². The number of hydrogen-bond acceptors (Lipinski definition) is 4. The van der Waals surface area contributed by atoms with Crippen molar-refractivity contribution in [2.24, 2.45) is 11.3 Å². The monoisotopic (exact) mass is 378 g/mol. The first-order valence-electron chi connectivity index (χ1n) is 9.65. The van der Waals surface area contributed by atoms with E-state index in [0.29, 0.717) is 50.2 Å². The second-order valence-corrected chi connectivity index (χ2v) is 10.6. The van der Waals surface area contributed by atoms with E-state index >= 15 is 0 Å². The van der Waals surface area contributed by atoms with E-state index in [1.165, 1.54) is 25.5 Å². The van der Waals surface area contributed by atoms with Gasteiger partial charge in [-0.3, -0.25) is 4.79 Å². The van der Waals surface area contributed by atoms with Crippen molar-refractivity contribution >= 4 is 15.9 Å². The summed E-state index contributed by atoms with van der Waals surface area (Å²) < 4.78 is 26.6. The predicted molar refractivity (Wildman–Crippen MR) is 95.7 cm³/mol. The summed E-state index contributed by atoms with van der Waals surface area (Å²) >= 11 is 0. The normalized spacial score (nSPS) is 29.4. The van der Waals surface area contributed by atoms with Gasteiger partial charge < -0.3 is 9.88 Å². The highest BCUT2D eigenvalue weighted by Crippen LogP contribution is 2.66. The molecule has 5 rings (SSSR count). The van der Waals surface area contributed by atoms with Crippen molar-refractivity contribution < 1.29 is 13.2 Å². The number of hydrogen-bond donors (Lipinski definition) is 1. The van der Waals surface area contributed by atoms with Crippen LogP contribution in [0.15, 0.2) is 6.33 Å². The van der Waals surface area contributed by atoms with E-state index in [-0.39, 0.29) is 5.92 Å². The van der Waals surface area contributed by atoms with E-state index in [1.807, 2.05) is 4.90 Å². The van der Waals surface area contributed by atoms with Crippen LogP contribution < -0.4 is 0 Å². The summed E-state index contributed by atoms with van der Waals surface area (Å²) in [6.07, 6.45) is 9.61. The highest BCUT2D eigenvalue weighted by atomic mass is 32.2. The van der Waals surface area contributed by atoms with E-state index in [2.05, 4.69) is 9.97 Å². The summed E-state index contributed by atoms with van der Waals surface area (Å²) in [5.41, 5.74) is 1.64. The molecular weight excluding hydrogens is 352 g/mol.